The molecule has 1 aromatic rings. The fraction of sp³-hybridized carbons (Fsp3) is 0.769. The molecule has 0 saturated heterocycles. The Morgan fingerprint density at radius 1 is 1.38 bits per heavy atom. The molecule has 0 aromatic carbocycles. The summed E-state index contributed by atoms with van der Waals surface area (Å²) in [6.45, 7) is 8.09. The number of hydrogen-bond acceptors (Lipinski definition) is 3. The Bertz CT molecular complexity index is 333. The van der Waals surface area contributed by atoms with Crippen LogP contribution in [0.5, 0.6) is 0 Å². The molecule has 0 atom stereocenters. The first-order valence-electron chi connectivity index (χ1n) is 6.29. The van der Waals surface area contributed by atoms with Gasteiger partial charge >= 0.3 is 0 Å². The molecule has 0 amide bonds. The van der Waals surface area contributed by atoms with E-state index in [4.69, 9.17) is 4.42 Å². The van der Waals surface area contributed by atoms with E-state index in [0.29, 0.717) is 5.41 Å². The van der Waals surface area contributed by atoms with E-state index in [9.17, 15) is 0 Å². The minimum Gasteiger partial charge on any atom is -0.444 e. The summed E-state index contributed by atoms with van der Waals surface area (Å²) in [6, 6.07) is 0. The average Bonchev–Trinajstić information content (AvgIpc) is 2.91. The SMILES string of the molecule is CCCC1(CNCc2nc(C)c(C)o2)CC1. The number of aromatic nitrogens is 1. The fourth-order valence-electron chi connectivity index (χ4n) is 2.27. The summed E-state index contributed by atoms with van der Waals surface area (Å²) in [5.41, 5.74) is 1.61. The maximum atomic E-state index is 5.54. The molecule has 1 saturated carbocycles. The molecule has 2 rings (SSSR count). The van der Waals surface area contributed by atoms with E-state index in [1.54, 1.807) is 0 Å². The van der Waals surface area contributed by atoms with Crippen LogP contribution in [0.25, 0.3) is 0 Å². The zero-order chi connectivity index (χ0) is 11.6. The maximum absolute atomic E-state index is 5.54. The first kappa shape index (κ1) is 11.6. The monoisotopic (exact) mass is 222 g/mol. The largest absolute Gasteiger partial charge is 0.444 e. The summed E-state index contributed by atoms with van der Waals surface area (Å²) in [5, 5.41) is 3.47. The van der Waals surface area contributed by atoms with Crippen molar-refractivity contribution in [2.24, 2.45) is 5.41 Å². The highest BCUT2D eigenvalue weighted by molar-refractivity contribution is 5.05. The van der Waals surface area contributed by atoms with E-state index >= 15 is 0 Å². The molecule has 1 aliphatic carbocycles. The maximum Gasteiger partial charge on any atom is 0.208 e. The second-order valence-corrected chi connectivity index (χ2v) is 5.10. The van der Waals surface area contributed by atoms with E-state index < -0.39 is 0 Å². The molecule has 1 heterocycles. The second-order valence-electron chi connectivity index (χ2n) is 5.10. The van der Waals surface area contributed by atoms with Gasteiger partial charge in [0.25, 0.3) is 0 Å². The van der Waals surface area contributed by atoms with Crippen molar-refractivity contribution in [3.8, 4) is 0 Å². The highest BCUT2D eigenvalue weighted by atomic mass is 16.4. The van der Waals surface area contributed by atoms with Gasteiger partial charge in [0.15, 0.2) is 0 Å². The van der Waals surface area contributed by atoms with E-state index in [1.165, 1.54) is 25.7 Å². The number of hydrogen-bond donors (Lipinski definition) is 1. The lowest BCUT2D eigenvalue weighted by Crippen LogP contribution is -2.23. The smallest absolute Gasteiger partial charge is 0.208 e. The van der Waals surface area contributed by atoms with E-state index in [0.717, 1.165) is 30.4 Å². The van der Waals surface area contributed by atoms with Crippen LogP contribution in [-0.2, 0) is 6.54 Å². The highest BCUT2D eigenvalue weighted by Crippen LogP contribution is 2.48. The van der Waals surface area contributed by atoms with Crippen molar-refractivity contribution >= 4 is 0 Å². The van der Waals surface area contributed by atoms with Crippen molar-refractivity contribution in [3.63, 3.8) is 0 Å². The standard InChI is InChI=1S/C13H22N2O/c1-4-5-13(6-7-13)9-14-8-12-15-10(2)11(3)16-12/h14H,4-9H2,1-3H3. The van der Waals surface area contributed by atoms with Gasteiger partial charge in [-0.3, -0.25) is 0 Å². The Labute approximate surface area is 97.6 Å². The van der Waals surface area contributed by atoms with Crippen molar-refractivity contribution in [2.45, 2.75) is 53.0 Å². The summed E-state index contributed by atoms with van der Waals surface area (Å²) in [7, 11) is 0. The second kappa shape index (κ2) is 4.58. The van der Waals surface area contributed by atoms with Crippen molar-refractivity contribution < 1.29 is 4.42 Å². The summed E-state index contributed by atoms with van der Waals surface area (Å²) in [6.07, 6.45) is 5.41. The lowest BCUT2D eigenvalue weighted by atomic mass is 10.0. The molecule has 1 aromatic heterocycles. The Morgan fingerprint density at radius 3 is 2.62 bits per heavy atom. The third-order valence-corrected chi connectivity index (χ3v) is 3.59. The van der Waals surface area contributed by atoms with Gasteiger partial charge in [-0.2, -0.15) is 0 Å². The van der Waals surface area contributed by atoms with Gasteiger partial charge < -0.3 is 9.73 Å². The van der Waals surface area contributed by atoms with Crippen LogP contribution >= 0.6 is 0 Å². The molecule has 3 heteroatoms. The van der Waals surface area contributed by atoms with Crippen LogP contribution in [0, 0.1) is 19.3 Å². The van der Waals surface area contributed by atoms with Crippen molar-refractivity contribution in [3.05, 3.63) is 17.3 Å². The quantitative estimate of drug-likeness (QED) is 0.804. The van der Waals surface area contributed by atoms with Crippen LogP contribution in [0.2, 0.25) is 0 Å². The predicted octanol–water partition coefficient (Wildman–Crippen LogP) is 2.96. The molecule has 1 fully saturated rings. The zero-order valence-electron chi connectivity index (χ0n) is 10.6. The number of rotatable bonds is 6. The van der Waals surface area contributed by atoms with Gasteiger partial charge in [-0.25, -0.2) is 4.98 Å². The lowest BCUT2D eigenvalue weighted by molar-refractivity contribution is 0.392. The number of nitrogens with one attached hydrogen (secondary N) is 1. The topological polar surface area (TPSA) is 38.1 Å². The summed E-state index contributed by atoms with van der Waals surface area (Å²) >= 11 is 0. The molecular weight excluding hydrogens is 200 g/mol. The molecule has 1 N–H and O–H groups in total. The third kappa shape index (κ3) is 2.64. The first-order valence-corrected chi connectivity index (χ1v) is 6.29. The molecule has 1 aliphatic rings. The number of oxazole rings is 1. The molecule has 0 aliphatic heterocycles. The lowest BCUT2D eigenvalue weighted by Gasteiger charge is -2.13. The van der Waals surface area contributed by atoms with Gasteiger partial charge in [-0.15, -0.1) is 0 Å². The van der Waals surface area contributed by atoms with Gasteiger partial charge in [0, 0.05) is 6.54 Å². The van der Waals surface area contributed by atoms with Crippen LogP contribution in [0.3, 0.4) is 0 Å². The van der Waals surface area contributed by atoms with Gasteiger partial charge in [0.2, 0.25) is 5.89 Å². The molecule has 0 radical (unpaired) electrons. The minimum atomic E-state index is 0.603. The fourth-order valence-corrected chi connectivity index (χ4v) is 2.27. The van der Waals surface area contributed by atoms with E-state index in [-0.39, 0.29) is 0 Å². The number of aryl methyl sites for hydroxylation is 2. The van der Waals surface area contributed by atoms with Crippen molar-refractivity contribution in [1.82, 2.24) is 10.3 Å². The van der Waals surface area contributed by atoms with E-state index in [1.807, 2.05) is 13.8 Å². The summed E-state index contributed by atoms with van der Waals surface area (Å²) in [5.74, 6) is 1.76. The molecule has 0 bridgehead atoms. The van der Waals surface area contributed by atoms with Gasteiger partial charge in [-0.05, 0) is 38.5 Å². The predicted molar refractivity (Wildman–Crippen MR) is 64.3 cm³/mol. The Morgan fingerprint density at radius 2 is 2.12 bits per heavy atom. The summed E-state index contributed by atoms with van der Waals surface area (Å²) in [4.78, 5) is 4.37. The van der Waals surface area contributed by atoms with E-state index in [2.05, 4.69) is 17.2 Å². The zero-order valence-corrected chi connectivity index (χ0v) is 10.6. The first-order chi connectivity index (χ1) is 7.65. The molecule has 16 heavy (non-hydrogen) atoms. The average molecular weight is 222 g/mol. The molecule has 3 nitrogen and oxygen atoms in total. The molecule has 0 spiro atoms. The Kier molecular flexibility index (Phi) is 3.33. The molecule has 90 valence electrons. The van der Waals surface area contributed by atoms with Crippen LogP contribution < -0.4 is 5.32 Å². The molecular formula is C13H22N2O. The van der Waals surface area contributed by atoms with Crippen LogP contribution in [0.1, 0.15) is 50.0 Å². The Balaban J connectivity index is 1.76. The van der Waals surface area contributed by atoms with Crippen LogP contribution in [0.15, 0.2) is 4.42 Å². The van der Waals surface area contributed by atoms with Gasteiger partial charge in [0.05, 0.1) is 12.2 Å². The van der Waals surface area contributed by atoms with Crippen molar-refractivity contribution in [2.75, 3.05) is 6.54 Å². The Hall–Kier alpha value is -0.830. The van der Waals surface area contributed by atoms with Crippen molar-refractivity contribution in [1.29, 1.82) is 0 Å². The summed E-state index contributed by atoms with van der Waals surface area (Å²) < 4.78 is 5.54. The third-order valence-electron chi connectivity index (χ3n) is 3.59. The number of nitrogens with zero attached hydrogens (tertiary/aromatic N) is 1. The highest BCUT2D eigenvalue weighted by Gasteiger charge is 2.40. The normalized spacial score (nSPS) is 17.7. The van der Waals surface area contributed by atoms with Gasteiger partial charge in [-0.1, -0.05) is 13.3 Å². The van der Waals surface area contributed by atoms with Crippen LogP contribution in [-0.4, -0.2) is 11.5 Å². The molecule has 0 unspecified atom stereocenters. The minimum absolute atomic E-state index is 0.603. The van der Waals surface area contributed by atoms with Crippen LogP contribution in [0.4, 0.5) is 0 Å². The van der Waals surface area contributed by atoms with Gasteiger partial charge in [0.1, 0.15) is 5.76 Å².